The molecular formula is C60H70N10S4. The summed E-state index contributed by atoms with van der Waals surface area (Å²) in [5.74, 6) is 0. The van der Waals surface area contributed by atoms with Crippen LogP contribution in [0, 0.1) is 0 Å². The number of benzene rings is 6. The summed E-state index contributed by atoms with van der Waals surface area (Å²) in [6, 6.07) is 35.1. The molecule has 6 heterocycles. The van der Waals surface area contributed by atoms with Gasteiger partial charge >= 0.3 is 0 Å². The highest BCUT2D eigenvalue weighted by atomic mass is 32.1. The Bertz CT molecular complexity index is 3040. The van der Waals surface area contributed by atoms with E-state index in [-0.39, 0.29) is 21.7 Å². The van der Waals surface area contributed by atoms with E-state index in [1.807, 2.05) is 0 Å². The average molecular weight is 1060 g/mol. The van der Waals surface area contributed by atoms with E-state index in [4.69, 9.17) is 48.9 Å². The van der Waals surface area contributed by atoms with Crippen LogP contribution in [0.2, 0.25) is 0 Å². The van der Waals surface area contributed by atoms with Crippen LogP contribution in [0.4, 0.5) is 22.7 Å². The summed E-state index contributed by atoms with van der Waals surface area (Å²) in [7, 11) is 0. The summed E-state index contributed by atoms with van der Waals surface area (Å²) >= 11 is 24.0. The molecule has 6 aromatic carbocycles. The Labute approximate surface area is 457 Å². The second-order valence-corrected chi connectivity index (χ2v) is 25.5. The van der Waals surface area contributed by atoms with Crippen molar-refractivity contribution in [3.8, 4) is 0 Å². The molecule has 0 unspecified atom stereocenters. The molecule has 74 heavy (non-hydrogen) atoms. The van der Waals surface area contributed by atoms with Crippen molar-refractivity contribution < 1.29 is 0 Å². The molecule has 10 N–H and O–H groups in total. The number of hydrogen-bond donors (Lipinski definition) is 10. The fourth-order valence-electron chi connectivity index (χ4n) is 9.28. The Morgan fingerprint density at radius 3 is 0.662 bits per heavy atom. The zero-order valence-corrected chi connectivity index (χ0v) is 48.0. The third-order valence-corrected chi connectivity index (χ3v) is 14.9. The number of H-pyrrole nitrogens is 2. The Kier molecular flexibility index (Phi) is 14.3. The summed E-state index contributed by atoms with van der Waals surface area (Å²) in [5, 5.41) is 34.8. The minimum atomic E-state index is -0.123. The van der Waals surface area contributed by atoms with E-state index in [1.165, 1.54) is 22.3 Å². The van der Waals surface area contributed by atoms with Crippen LogP contribution in [0.25, 0.3) is 43.6 Å². The average Bonchev–Trinajstić information content (AvgIpc) is 3.90. The van der Waals surface area contributed by atoms with Crippen LogP contribution in [0.5, 0.6) is 0 Å². The lowest BCUT2D eigenvalue weighted by molar-refractivity contribution is 0.590. The van der Waals surface area contributed by atoms with Gasteiger partial charge in [-0.2, -0.15) is 0 Å². The lowest BCUT2D eigenvalue weighted by Crippen LogP contribution is -2.29. The van der Waals surface area contributed by atoms with E-state index < -0.39 is 0 Å². The van der Waals surface area contributed by atoms with Crippen LogP contribution in [-0.2, 0) is 47.8 Å². The maximum Gasteiger partial charge on any atom is 0.171 e. The molecule has 4 aliphatic heterocycles. The van der Waals surface area contributed by atoms with Gasteiger partial charge in [0.2, 0.25) is 0 Å². The molecule has 0 saturated carbocycles. The quantitative estimate of drug-likeness (QED) is 0.0665. The molecule has 0 fully saturated rings. The SMILES string of the molecule is CC(C)(C)c1cc2c3[nH]c4c(cc(C(C)(C)C)cc4c3c1)NC(=S)NCc1ccc(cc1)CNC(=S)Nc1cc(C(C)(C)C)cc3c1[nH]c1c(cc(C(C)(C)C)cc13)NC(=S)NCc1ccc(cc1)CNC(=S)N2. The molecule has 0 radical (unpaired) electrons. The van der Waals surface area contributed by atoms with Gasteiger partial charge in [0.05, 0.1) is 44.8 Å². The highest BCUT2D eigenvalue weighted by Gasteiger charge is 2.25. The molecule has 384 valence electrons. The molecule has 0 amide bonds. The number of thiocarbonyl (C=S) groups is 4. The van der Waals surface area contributed by atoms with Gasteiger partial charge in [0.15, 0.2) is 20.4 Å². The number of rotatable bonds is 0. The molecule has 4 aliphatic rings. The smallest absolute Gasteiger partial charge is 0.171 e. The summed E-state index contributed by atoms with van der Waals surface area (Å²) in [5.41, 5.74) is 16.2. The van der Waals surface area contributed by atoms with Crippen molar-refractivity contribution in [3.63, 3.8) is 0 Å². The summed E-state index contributed by atoms with van der Waals surface area (Å²) in [6.07, 6.45) is 0. The third-order valence-electron chi connectivity index (χ3n) is 13.9. The Balaban J connectivity index is 1.06. The van der Waals surface area contributed by atoms with Gasteiger partial charge in [0.1, 0.15) is 0 Å². The molecule has 2 aromatic heterocycles. The topological polar surface area (TPSA) is 128 Å². The van der Waals surface area contributed by atoms with Crippen molar-refractivity contribution in [2.24, 2.45) is 0 Å². The third kappa shape index (κ3) is 11.6. The van der Waals surface area contributed by atoms with E-state index in [1.54, 1.807) is 0 Å². The number of hydrogen-bond acceptors (Lipinski definition) is 4. The van der Waals surface area contributed by atoms with Crippen LogP contribution < -0.4 is 42.5 Å². The van der Waals surface area contributed by atoms with Gasteiger partial charge in [0, 0.05) is 47.7 Å². The predicted octanol–water partition coefficient (Wildman–Crippen LogP) is 14.4. The van der Waals surface area contributed by atoms with E-state index in [2.05, 4.69) is 233 Å². The van der Waals surface area contributed by atoms with Gasteiger partial charge in [-0.3, -0.25) is 0 Å². The van der Waals surface area contributed by atoms with Gasteiger partial charge in [0.25, 0.3) is 0 Å². The minimum absolute atomic E-state index is 0.123. The van der Waals surface area contributed by atoms with Crippen molar-refractivity contribution in [1.29, 1.82) is 0 Å². The zero-order valence-electron chi connectivity index (χ0n) is 44.7. The van der Waals surface area contributed by atoms with Crippen molar-refractivity contribution >= 4 is 136 Å². The Morgan fingerprint density at radius 2 is 0.486 bits per heavy atom. The van der Waals surface area contributed by atoms with Crippen LogP contribution in [-0.4, -0.2) is 30.4 Å². The molecule has 12 rings (SSSR count). The normalized spacial score (nSPS) is 15.0. The van der Waals surface area contributed by atoms with Crippen molar-refractivity contribution in [2.45, 2.75) is 131 Å². The summed E-state index contributed by atoms with van der Waals surface area (Å²) < 4.78 is 0. The van der Waals surface area contributed by atoms with Gasteiger partial charge in [-0.1, -0.05) is 132 Å². The standard InChI is InChI=1S/C60H70N10S4/c1-57(2,3)37-21-41-42-22-38(58(4,5)6)26-46-50(42)69-49(41)45(25-37)65-53(71)61-29-33-13-15-34(16-14-33)31-63-55(73)67-47-27-39(59(7,8)9)23-43-44-24-40(60(10,11)12)28-48(52(44)70-51(43)47)68-56(74)64-32-36-19-17-35(18-20-36)30-62-54(72)66-46/h13-28,69-70H,29-32H2,1-12H3,(H2,61,65,71)(H2,62,66,72)(H2,63,67,73)(H2,64,68,74). The zero-order chi connectivity index (χ0) is 53.1. The van der Waals surface area contributed by atoms with Crippen LogP contribution in [0.1, 0.15) is 128 Å². The Hall–Kier alpha value is -6.32. The minimum Gasteiger partial charge on any atom is -0.358 e. The predicted molar refractivity (Wildman–Crippen MR) is 332 cm³/mol. The Morgan fingerprint density at radius 1 is 0.297 bits per heavy atom. The molecule has 10 nitrogen and oxygen atoms in total. The number of fused-ring (bicyclic) bond motifs is 2. The molecule has 0 atom stereocenters. The first-order chi connectivity index (χ1) is 34.8. The number of anilines is 4. The fraction of sp³-hybridized carbons (Fsp3) is 0.333. The van der Waals surface area contributed by atoms with Gasteiger partial charge in [-0.15, -0.1) is 0 Å². The molecule has 8 bridgehead atoms. The summed E-state index contributed by atoms with van der Waals surface area (Å²) in [6.45, 7) is 29.1. The number of aromatic amines is 2. The lowest BCUT2D eigenvalue weighted by Gasteiger charge is -2.22. The van der Waals surface area contributed by atoms with Crippen molar-refractivity contribution in [3.05, 3.63) is 142 Å². The lowest BCUT2D eigenvalue weighted by atomic mass is 9.84. The van der Waals surface area contributed by atoms with Gasteiger partial charge in [-0.25, -0.2) is 0 Å². The maximum absolute atomic E-state index is 6.00. The second-order valence-electron chi connectivity index (χ2n) is 23.9. The van der Waals surface area contributed by atoms with Crippen molar-refractivity contribution in [1.82, 2.24) is 31.2 Å². The molecule has 0 saturated heterocycles. The highest BCUT2D eigenvalue weighted by molar-refractivity contribution is 7.81. The first kappa shape index (κ1) is 52.5. The molecule has 8 aromatic rings. The van der Waals surface area contributed by atoms with Crippen LogP contribution in [0.3, 0.4) is 0 Å². The number of aromatic nitrogens is 2. The largest absolute Gasteiger partial charge is 0.358 e. The van der Waals surface area contributed by atoms with E-state index in [0.29, 0.717) is 46.6 Å². The first-order valence-electron chi connectivity index (χ1n) is 25.4. The van der Waals surface area contributed by atoms with E-state index >= 15 is 0 Å². The van der Waals surface area contributed by atoms with Gasteiger partial charge in [-0.05, 0) is 164 Å². The second kappa shape index (κ2) is 20.1. The molecule has 0 spiro atoms. The maximum atomic E-state index is 6.00. The van der Waals surface area contributed by atoms with Crippen molar-refractivity contribution in [2.75, 3.05) is 21.3 Å². The molecular weight excluding hydrogens is 989 g/mol. The molecule has 0 aliphatic carbocycles. The highest BCUT2D eigenvalue weighted by Crippen LogP contribution is 2.42. The first-order valence-corrected chi connectivity index (χ1v) is 27.0. The van der Waals surface area contributed by atoms with E-state index in [0.717, 1.165) is 88.6 Å². The van der Waals surface area contributed by atoms with E-state index in [9.17, 15) is 0 Å². The molecule has 14 heteroatoms. The fourth-order valence-corrected chi connectivity index (χ4v) is 10.0. The number of nitrogens with one attached hydrogen (secondary N) is 10. The van der Waals surface area contributed by atoms with Crippen LogP contribution in [0.15, 0.2) is 97.1 Å². The van der Waals surface area contributed by atoms with Gasteiger partial charge < -0.3 is 52.5 Å². The van der Waals surface area contributed by atoms with Crippen LogP contribution >= 0.6 is 48.9 Å². The monoisotopic (exact) mass is 1060 g/mol. The summed E-state index contributed by atoms with van der Waals surface area (Å²) in [4.78, 5) is 7.58.